The van der Waals surface area contributed by atoms with Gasteiger partial charge >= 0.3 is 0 Å². The Labute approximate surface area is 135 Å². The van der Waals surface area contributed by atoms with Gasteiger partial charge in [-0.15, -0.1) is 0 Å². The Hall–Kier alpha value is -2.20. The van der Waals surface area contributed by atoms with Gasteiger partial charge in [-0.3, -0.25) is 4.79 Å². The molecule has 3 nitrogen and oxygen atoms in total. The second-order valence-corrected chi connectivity index (χ2v) is 5.89. The highest BCUT2D eigenvalue weighted by molar-refractivity contribution is 6.04. The van der Waals surface area contributed by atoms with E-state index in [1.165, 1.54) is 5.56 Å². The average molecular weight is 312 g/mol. The molecule has 3 rings (SSSR count). The Morgan fingerprint density at radius 3 is 2.74 bits per heavy atom. The maximum absolute atomic E-state index is 14.6. The van der Waals surface area contributed by atoms with E-state index in [4.69, 9.17) is 0 Å². The number of benzene rings is 2. The zero-order valence-corrected chi connectivity index (χ0v) is 13.3. The molecule has 0 unspecified atom stereocenters. The van der Waals surface area contributed by atoms with Gasteiger partial charge in [-0.1, -0.05) is 31.5 Å². The van der Waals surface area contributed by atoms with Gasteiger partial charge < -0.3 is 10.6 Å². The van der Waals surface area contributed by atoms with Crippen molar-refractivity contribution in [1.82, 2.24) is 5.32 Å². The zero-order chi connectivity index (χ0) is 16.2. The molecular weight excluding hydrogens is 291 g/mol. The largest absolute Gasteiger partial charge is 0.319 e. The van der Waals surface area contributed by atoms with E-state index < -0.39 is 0 Å². The SMILES string of the molecule is CCCc1ccc(C(=O)Nc2ccc3c(c2F)CCNC3)cc1. The molecule has 0 aromatic heterocycles. The van der Waals surface area contributed by atoms with Crippen molar-refractivity contribution in [2.75, 3.05) is 11.9 Å². The van der Waals surface area contributed by atoms with Gasteiger partial charge in [0.25, 0.3) is 5.91 Å². The van der Waals surface area contributed by atoms with Gasteiger partial charge in [-0.2, -0.15) is 0 Å². The third kappa shape index (κ3) is 3.42. The number of rotatable bonds is 4. The molecule has 0 fully saturated rings. The zero-order valence-electron chi connectivity index (χ0n) is 13.3. The molecule has 0 aliphatic carbocycles. The second kappa shape index (κ2) is 6.92. The second-order valence-electron chi connectivity index (χ2n) is 5.89. The Balaban J connectivity index is 1.77. The van der Waals surface area contributed by atoms with Crippen molar-refractivity contribution in [3.05, 3.63) is 64.5 Å². The first-order valence-corrected chi connectivity index (χ1v) is 8.10. The van der Waals surface area contributed by atoms with Crippen LogP contribution in [-0.2, 0) is 19.4 Å². The van der Waals surface area contributed by atoms with E-state index in [0.717, 1.165) is 24.9 Å². The van der Waals surface area contributed by atoms with Crippen LogP contribution < -0.4 is 10.6 Å². The first-order valence-electron chi connectivity index (χ1n) is 8.10. The molecule has 0 bridgehead atoms. The van der Waals surface area contributed by atoms with E-state index in [1.807, 2.05) is 18.2 Å². The minimum atomic E-state index is -0.306. The summed E-state index contributed by atoms with van der Waals surface area (Å²) in [5, 5.41) is 5.91. The molecular formula is C19H21FN2O. The topological polar surface area (TPSA) is 41.1 Å². The van der Waals surface area contributed by atoms with Gasteiger partial charge in [-0.05, 0) is 54.3 Å². The molecule has 1 heterocycles. The summed E-state index contributed by atoms with van der Waals surface area (Å²) in [6.45, 7) is 3.56. The number of amides is 1. The van der Waals surface area contributed by atoms with Crippen molar-refractivity contribution in [3.8, 4) is 0 Å². The van der Waals surface area contributed by atoms with Crippen LogP contribution in [0.15, 0.2) is 36.4 Å². The summed E-state index contributed by atoms with van der Waals surface area (Å²) in [5.41, 5.74) is 3.68. The van der Waals surface area contributed by atoms with Gasteiger partial charge in [0.05, 0.1) is 5.69 Å². The molecule has 0 saturated carbocycles. The Kier molecular flexibility index (Phi) is 4.72. The predicted molar refractivity (Wildman–Crippen MR) is 90.2 cm³/mol. The quantitative estimate of drug-likeness (QED) is 0.904. The first-order chi connectivity index (χ1) is 11.2. The summed E-state index contributed by atoms with van der Waals surface area (Å²) in [5.74, 6) is -0.583. The minimum absolute atomic E-state index is 0.258. The first kappa shape index (κ1) is 15.7. The number of hydrogen-bond acceptors (Lipinski definition) is 2. The number of nitrogens with one attached hydrogen (secondary N) is 2. The van der Waals surface area contributed by atoms with E-state index in [0.29, 0.717) is 24.1 Å². The Bertz CT molecular complexity index is 710. The number of halogens is 1. The van der Waals surface area contributed by atoms with E-state index in [1.54, 1.807) is 18.2 Å². The summed E-state index contributed by atoms with van der Waals surface area (Å²) in [7, 11) is 0. The maximum Gasteiger partial charge on any atom is 0.255 e. The highest BCUT2D eigenvalue weighted by Gasteiger charge is 2.17. The van der Waals surface area contributed by atoms with E-state index in [9.17, 15) is 9.18 Å². The monoisotopic (exact) mass is 312 g/mol. The molecule has 2 aromatic rings. The third-order valence-corrected chi connectivity index (χ3v) is 4.21. The highest BCUT2D eigenvalue weighted by atomic mass is 19.1. The molecule has 0 saturated heterocycles. The van der Waals surface area contributed by atoms with Crippen LogP contribution in [0.5, 0.6) is 0 Å². The van der Waals surface area contributed by atoms with Crippen LogP contribution in [0.4, 0.5) is 10.1 Å². The lowest BCUT2D eigenvalue weighted by Crippen LogP contribution is -2.25. The molecule has 0 radical (unpaired) electrons. The van der Waals surface area contributed by atoms with Gasteiger partial charge in [-0.25, -0.2) is 4.39 Å². The van der Waals surface area contributed by atoms with Gasteiger partial charge in [0.1, 0.15) is 5.82 Å². The van der Waals surface area contributed by atoms with Crippen LogP contribution in [0, 0.1) is 5.82 Å². The molecule has 4 heteroatoms. The van der Waals surface area contributed by atoms with Gasteiger partial charge in [0.2, 0.25) is 0 Å². The normalized spacial score (nSPS) is 13.5. The van der Waals surface area contributed by atoms with Gasteiger partial charge in [0.15, 0.2) is 0 Å². The molecule has 0 atom stereocenters. The van der Waals surface area contributed by atoms with Crippen molar-refractivity contribution >= 4 is 11.6 Å². The lowest BCUT2D eigenvalue weighted by atomic mass is 9.99. The summed E-state index contributed by atoms with van der Waals surface area (Å²) in [4.78, 5) is 12.3. The van der Waals surface area contributed by atoms with Crippen molar-refractivity contribution in [2.24, 2.45) is 0 Å². The number of anilines is 1. The lowest BCUT2D eigenvalue weighted by molar-refractivity contribution is 0.102. The lowest BCUT2D eigenvalue weighted by Gasteiger charge is -2.19. The van der Waals surface area contributed by atoms with E-state index >= 15 is 0 Å². The van der Waals surface area contributed by atoms with Crippen molar-refractivity contribution in [2.45, 2.75) is 32.7 Å². The number of aryl methyl sites for hydroxylation is 1. The molecule has 1 amide bonds. The number of fused-ring (bicyclic) bond motifs is 1. The molecule has 2 N–H and O–H groups in total. The molecule has 0 spiro atoms. The molecule has 120 valence electrons. The van der Waals surface area contributed by atoms with Gasteiger partial charge in [0, 0.05) is 12.1 Å². The Morgan fingerprint density at radius 2 is 2.00 bits per heavy atom. The van der Waals surface area contributed by atoms with Crippen LogP contribution in [-0.4, -0.2) is 12.5 Å². The fourth-order valence-corrected chi connectivity index (χ4v) is 2.94. The smallest absolute Gasteiger partial charge is 0.255 e. The molecule has 1 aliphatic heterocycles. The van der Waals surface area contributed by atoms with Crippen molar-refractivity contribution < 1.29 is 9.18 Å². The van der Waals surface area contributed by atoms with Crippen LogP contribution in [0.1, 0.15) is 40.4 Å². The summed E-state index contributed by atoms with van der Waals surface area (Å²) in [6.07, 6.45) is 2.71. The highest BCUT2D eigenvalue weighted by Crippen LogP contribution is 2.25. The van der Waals surface area contributed by atoms with Crippen LogP contribution >= 0.6 is 0 Å². The maximum atomic E-state index is 14.6. The van der Waals surface area contributed by atoms with Crippen molar-refractivity contribution in [1.29, 1.82) is 0 Å². The van der Waals surface area contributed by atoms with Crippen LogP contribution in [0.3, 0.4) is 0 Å². The Morgan fingerprint density at radius 1 is 1.22 bits per heavy atom. The molecule has 2 aromatic carbocycles. The predicted octanol–water partition coefficient (Wildman–Crippen LogP) is 3.68. The van der Waals surface area contributed by atoms with E-state index in [2.05, 4.69) is 17.6 Å². The molecule has 23 heavy (non-hydrogen) atoms. The van der Waals surface area contributed by atoms with Crippen LogP contribution in [0.25, 0.3) is 0 Å². The fraction of sp³-hybridized carbons (Fsp3) is 0.316. The molecule has 1 aliphatic rings. The average Bonchev–Trinajstić information content (AvgIpc) is 2.58. The number of carbonyl (C=O) groups is 1. The fourth-order valence-electron chi connectivity index (χ4n) is 2.94. The number of carbonyl (C=O) groups excluding carboxylic acids is 1. The standard InChI is InChI=1S/C19H21FN2O/c1-2-3-13-4-6-14(7-5-13)19(23)22-17-9-8-15-12-21-11-10-16(15)18(17)20/h4-9,21H,2-3,10-12H2,1H3,(H,22,23). The van der Waals surface area contributed by atoms with Crippen LogP contribution in [0.2, 0.25) is 0 Å². The summed E-state index contributed by atoms with van der Waals surface area (Å²) in [6, 6.07) is 11.0. The number of hydrogen-bond donors (Lipinski definition) is 2. The van der Waals surface area contributed by atoms with Crippen molar-refractivity contribution in [3.63, 3.8) is 0 Å². The van der Waals surface area contributed by atoms with E-state index in [-0.39, 0.29) is 17.4 Å². The summed E-state index contributed by atoms with van der Waals surface area (Å²) < 4.78 is 14.6. The minimum Gasteiger partial charge on any atom is -0.319 e. The third-order valence-electron chi connectivity index (χ3n) is 4.21. The summed E-state index contributed by atoms with van der Waals surface area (Å²) >= 11 is 0.